The normalized spacial score (nSPS) is 11.6. The number of hydrogen-bond acceptors (Lipinski definition) is 4. The van der Waals surface area contributed by atoms with Gasteiger partial charge in [0, 0.05) is 22.9 Å². The Bertz CT molecular complexity index is 842. The molecule has 0 saturated carbocycles. The first kappa shape index (κ1) is 22.4. The maximum atomic E-state index is 14.4. The molecule has 29 heavy (non-hydrogen) atoms. The van der Waals surface area contributed by atoms with E-state index in [1.807, 2.05) is 0 Å². The number of carbonyl (C=O) groups excluding carboxylic acids is 2. The number of nitrogens with two attached hydrogens (primary N) is 1. The Kier molecular flexibility index (Phi) is 8.61. The van der Waals surface area contributed by atoms with Crippen LogP contribution in [-0.4, -0.2) is 19.6 Å². The number of benzene rings is 2. The summed E-state index contributed by atoms with van der Waals surface area (Å²) in [4.78, 5) is 22.5. The molecule has 2 amide bonds. The third-order valence-electron chi connectivity index (χ3n) is 4.74. The molecule has 1 unspecified atom stereocenters. The molecule has 0 aliphatic rings. The van der Waals surface area contributed by atoms with Gasteiger partial charge in [0.1, 0.15) is 5.82 Å². The summed E-state index contributed by atoms with van der Waals surface area (Å²) in [5.74, 6) is -0.342. The predicted molar refractivity (Wildman–Crippen MR) is 113 cm³/mol. The third kappa shape index (κ3) is 6.29. The van der Waals surface area contributed by atoms with Crippen LogP contribution in [0.5, 0.6) is 0 Å². The molecule has 0 radical (unpaired) electrons. The van der Waals surface area contributed by atoms with E-state index in [4.69, 9.17) is 5.73 Å². The second-order valence-electron chi connectivity index (χ2n) is 6.83. The topological polar surface area (TPSA) is 93.4 Å². The number of nitrogens with one attached hydrogen (secondary N) is 2. The summed E-state index contributed by atoms with van der Waals surface area (Å²) in [5.41, 5.74) is 9.04. The van der Waals surface area contributed by atoms with Crippen LogP contribution in [0, 0.1) is 5.82 Å². The lowest BCUT2D eigenvalue weighted by Crippen LogP contribution is -2.12. The number of hydrogen-bond donors (Lipinski definition) is 3. The molecule has 156 valence electrons. The Morgan fingerprint density at radius 1 is 1.21 bits per heavy atom. The SMILES string of the molecule is CCCCCCC(N)c1cc(-c2ccc(NC(=O)OC)cc2NC=O)ccc1F. The smallest absolute Gasteiger partial charge is 0.411 e. The van der Waals surface area contributed by atoms with E-state index in [1.165, 1.54) is 13.2 Å². The lowest BCUT2D eigenvalue weighted by Gasteiger charge is -2.16. The minimum atomic E-state index is -0.618. The number of unbranched alkanes of at least 4 members (excludes halogenated alkanes) is 3. The highest BCUT2D eigenvalue weighted by molar-refractivity contribution is 5.91. The standard InChI is InChI=1S/C22H28FN3O3/c1-3-4-5-6-7-20(24)18-12-15(8-11-19(18)23)17-10-9-16(26-22(28)29-2)13-21(17)25-14-27/h8-14,20H,3-7,24H2,1-2H3,(H,25,27)(H,26,28). The van der Waals surface area contributed by atoms with E-state index in [-0.39, 0.29) is 5.82 Å². The van der Waals surface area contributed by atoms with Crippen molar-refractivity contribution in [2.45, 2.75) is 45.1 Å². The maximum absolute atomic E-state index is 14.4. The van der Waals surface area contributed by atoms with E-state index < -0.39 is 12.1 Å². The van der Waals surface area contributed by atoms with Crippen molar-refractivity contribution in [1.29, 1.82) is 0 Å². The van der Waals surface area contributed by atoms with Crippen molar-refractivity contribution < 1.29 is 18.7 Å². The van der Waals surface area contributed by atoms with Gasteiger partial charge in [-0.25, -0.2) is 9.18 Å². The molecule has 0 saturated heterocycles. The van der Waals surface area contributed by atoms with Gasteiger partial charge in [-0.15, -0.1) is 0 Å². The fraction of sp³-hybridized carbons (Fsp3) is 0.364. The highest BCUT2D eigenvalue weighted by Gasteiger charge is 2.15. The van der Waals surface area contributed by atoms with E-state index >= 15 is 0 Å². The number of ether oxygens (including phenoxy) is 1. The fourth-order valence-corrected chi connectivity index (χ4v) is 3.17. The lowest BCUT2D eigenvalue weighted by molar-refractivity contribution is -0.105. The summed E-state index contributed by atoms with van der Waals surface area (Å²) in [6.07, 6.45) is 4.94. The molecule has 0 aliphatic carbocycles. The van der Waals surface area contributed by atoms with Crippen LogP contribution in [0.3, 0.4) is 0 Å². The van der Waals surface area contributed by atoms with Gasteiger partial charge in [0.2, 0.25) is 6.41 Å². The molecule has 0 aromatic heterocycles. The number of halogens is 1. The van der Waals surface area contributed by atoms with E-state index in [2.05, 4.69) is 22.3 Å². The molecule has 0 aliphatic heterocycles. The number of carbonyl (C=O) groups is 2. The van der Waals surface area contributed by atoms with Crippen LogP contribution in [0.4, 0.5) is 20.6 Å². The second kappa shape index (κ2) is 11.2. The average molecular weight is 401 g/mol. The predicted octanol–water partition coefficient (Wildman–Crippen LogP) is 5.21. The molecular weight excluding hydrogens is 373 g/mol. The summed E-state index contributed by atoms with van der Waals surface area (Å²) < 4.78 is 19.0. The van der Waals surface area contributed by atoms with Crippen LogP contribution in [0.1, 0.15) is 50.6 Å². The van der Waals surface area contributed by atoms with Crippen LogP contribution in [-0.2, 0) is 9.53 Å². The first-order chi connectivity index (χ1) is 14.0. The Morgan fingerprint density at radius 3 is 2.69 bits per heavy atom. The number of amides is 2. The molecule has 4 N–H and O–H groups in total. The van der Waals surface area contributed by atoms with Crippen LogP contribution in [0.2, 0.25) is 0 Å². The number of anilines is 2. The van der Waals surface area contributed by atoms with Gasteiger partial charge in [-0.05, 0) is 36.2 Å². The molecule has 0 heterocycles. The summed E-state index contributed by atoms with van der Waals surface area (Å²) >= 11 is 0. The first-order valence-electron chi connectivity index (χ1n) is 9.74. The molecule has 2 rings (SSSR count). The van der Waals surface area contributed by atoms with Gasteiger partial charge in [0.15, 0.2) is 0 Å². The van der Waals surface area contributed by atoms with Crippen LogP contribution in [0.15, 0.2) is 36.4 Å². The Balaban J connectivity index is 2.30. The van der Waals surface area contributed by atoms with Crippen molar-refractivity contribution in [3.63, 3.8) is 0 Å². The summed E-state index contributed by atoms with van der Waals surface area (Å²) in [6.45, 7) is 2.14. The average Bonchev–Trinajstić information content (AvgIpc) is 2.72. The van der Waals surface area contributed by atoms with Crippen molar-refractivity contribution in [1.82, 2.24) is 0 Å². The number of rotatable bonds is 10. The summed E-state index contributed by atoms with van der Waals surface area (Å²) in [7, 11) is 1.26. The van der Waals surface area contributed by atoms with Crippen LogP contribution in [0.25, 0.3) is 11.1 Å². The van der Waals surface area contributed by atoms with Crippen molar-refractivity contribution >= 4 is 23.9 Å². The quantitative estimate of drug-likeness (QED) is 0.376. The van der Waals surface area contributed by atoms with E-state index in [1.54, 1.807) is 30.3 Å². The van der Waals surface area contributed by atoms with Gasteiger partial charge in [0.25, 0.3) is 0 Å². The lowest BCUT2D eigenvalue weighted by atomic mass is 9.95. The molecular formula is C22H28FN3O3. The van der Waals surface area contributed by atoms with Crippen LogP contribution < -0.4 is 16.4 Å². The van der Waals surface area contributed by atoms with Gasteiger partial charge < -0.3 is 15.8 Å². The zero-order valence-electron chi connectivity index (χ0n) is 16.8. The first-order valence-corrected chi connectivity index (χ1v) is 9.74. The molecule has 7 heteroatoms. The van der Waals surface area contributed by atoms with Crippen LogP contribution >= 0.6 is 0 Å². The molecule has 0 spiro atoms. The molecule has 0 fully saturated rings. The zero-order chi connectivity index (χ0) is 21.2. The van der Waals surface area contributed by atoms with Gasteiger partial charge in [-0.2, -0.15) is 0 Å². The molecule has 0 bridgehead atoms. The van der Waals surface area contributed by atoms with E-state index in [9.17, 15) is 14.0 Å². The highest BCUT2D eigenvalue weighted by atomic mass is 19.1. The van der Waals surface area contributed by atoms with Crippen molar-refractivity contribution in [3.05, 3.63) is 47.8 Å². The minimum absolute atomic E-state index is 0.342. The second-order valence-corrected chi connectivity index (χ2v) is 6.83. The van der Waals surface area contributed by atoms with Crippen molar-refractivity contribution in [2.75, 3.05) is 17.7 Å². The zero-order valence-corrected chi connectivity index (χ0v) is 16.8. The minimum Gasteiger partial charge on any atom is -0.453 e. The number of methoxy groups -OCH3 is 1. The fourth-order valence-electron chi connectivity index (χ4n) is 3.17. The molecule has 1 atom stereocenters. The highest BCUT2D eigenvalue weighted by Crippen LogP contribution is 2.33. The van der Waals surface area contributed by atoms with Gasteiger partial charge in [-0.3, -0.25) is 10.1 Å². The summed E-state index contributed by atoms with van der Waals surface area (Å²) in [6, 6.07) is 9.38. The third-order valence-corrected chi connectivity index (χ3v) is 4.74. The Hall–Kier alpha value is -2.93. The molecule has 2 aromatic rings. The largest absolute Gasteiger partial charge is 0.453 e. The molecule has 2 aromatic carbocycles. The van der Waals surface area contributed by atoms with E-state index in [0.29, 0.717) is 35.3 Å². The van der Waals surface area contributed by atoms with E-state index in [0.717, 1.165) is 31.2 Å². The maximum Gasteiger partial charge on any atom is 0.411 e. The van der Waals surface area contributed by atoms with Gasteiger partial charge in [-0.1, -0.05) is 44.7 Å². The Morgan fingerprint density at radius 2 is 2.00 bits per heavy atom. The van der Waals surface area contributed by atoms with Crippen molar-refractivity contribution in [2.24, 2.45) is 5.73 Å². The Labute approximate surface area is 170 Å². The summed E-state index contributed by atoms with van der Waals surface area (Å²) in [5, 5.41) is 5.16. The van der Waals surface area contributed by atoms with Gasteiger partial charge in [0.05, 0.1) is 12.8 Å². The monoisotopic (exact) mass is 401 g/mol. The van der Waals surface area contributed by atoms with Gasteiger partial charge >= 0.3 is 6.09 Å². The van der Waals surface area contributed by atoms with Crippen molar-refractivity contribution in [3.8, 4) is 11.1 Å². The molecule has 6 nitrogen and oxygen atoms in total.